The number of nitrogen functional groups attached to an aromatic ring is 2. The van der Waals surface area contributed by atoms with Crippen molar-refractivity contribution in [1.82, 2.24) is 14.3 Å². The van der Waals surface area contributed by atoms with Crippen molar-refractivity contribution in [2.75, 3.05) is 17.2 Å². The van der Waals surface area contributed by atoms with Gasteiger partial charge >= 0.3 is 11.9 Å². The first-order valence-electron chi connectivity index (χ1n) is 9.30. The molecule has 1 heterocycles. The maximum atomic E-state index is 12.2. The molecule has 12 heteroatoms. The number of amides is 1. The topological polar surface area (TPSA) is 191 Å². The fourth-order valence-electron chi connectivity index (χ4n) is 2.66. The molecule has 0 aliphatic carbocycles. The van der Waals surface area contributed by atoms with Crippen molar-refractivity contribution in [1.29, 1.82) is 0 Å². The summed E-state index contributed by atoms with van der Waals surface area (Å²) in [5, 5.41) is 20.1. The molecule has 2 rings (SSSR count). The molecule has 1 atom stereocenters. The molecule has 0 saturated heterocycles. The molecule has 1 amide bonds. The summed E-state index contributed by atoms with van der Waals surface area (Å²) in [5.74, 6) is -2.32. The Labute approximate surface area is 181 Å². The van der Waals surface area contributed by atoms with Crippen molar-refractivity contribution in [2.24, 2.45) is 0 Å². The van der Waals surface area contributed by atoms with E-state index in [2.05, 4.69) is 10.3 Å². The zero-order valence-corrected chi connectivity index (χ0v) is 17.3. The van der Waals surface area contributed by atoms with Crippen LogP contribution in [-0.4, -0.2) is 48.8 Å². The largest absolute Gasteiger partial charge is 0.481 e. The average Bonchev–Trinajstić information content (AvgIpc) is 2.69. The third-order valence-corrected chi connectivity index (χ3v) is 5.32. The Kier molecular flexibility index (Phi) is 8.43. The number of anilines is 2. The van der Waals surface area contributed by atoms with Gasteiger partial charge in [-0.15, -0.1) is 0 Å². The van der Waals surface area contributed by atoms with E-state index in [-0.39, 0.29) is 35.7 Å². The summed E-state index contributed by atoms with van der Waals surface area (Å²) in [6, 6.07) is 6.55. The van der Waals surface area contributed by atoms with Gasteiger partial charge in [-0.25, -0.2) is 8.77 Å². The fourth-order valence-corrected chi connectivity index (χ4v) is 3.47. The molecule has 0 bridgehead atoms. The molecule has 0 saturated carbocycles. The van der Waals surface area contributed by atoms with Crippen LogP contribution in [-0.2, 0) is 16.0 Å². The van der Waals surface area contributed by atoms with Crippen LogP contribution in [0.4, 0.5) is 11.8 Å². The number of aromatic nitrogens is 2. The number of nitrogens with one attached hydrogen (secondary N) is 1. The molecule has 7 N–H and O–H groups in total. The molecular weight excluding hydrogens is 426 g/mol. The molecule has 0 spiro atoms. The van der Waals surface area contributed by atoms with Crippen LogP contribution in [0.5, 0.6) is 0 Å². The van der Waals surface area contributed by atoms with Gasteiger partial charge in [0.15, 0.2) is 0 Å². The smallest absolute Gasteiger partial charge is 0.326 e. The van der Waals surface area contributed by atoms with Gasteiger partial charge in [-0.3, -0.25) is 14.4 Å². The van der Waals surface area contributed by atoms with Crippen molar-refractivity contribution in [3.05, 3.63) is 51.8 Å². The summed E-state index contributed by atoms with van der Waals surface area (Å²) < 4.78 is 1.27. The highest BCUT2D eigenvalue weighted by atomic mass is 32.2. The fraction of sp³-hybridized carbons (Fsp3) is 0.316. The quantitative estimate of drug-likeness (QED) is 0.303. The van der Waals surface area contributed by atoms with E-state index in [0.717, 1.165) is 12.0 Å². The molecular formula is C19H23N5O6S. The Hall–Kier alpha value is -3.54. The molecule has 0 aliphatic rings. The third kappa shape index (κ3) is 7.33. The predicted octanol–water partition coefficient (Wildman–Crippen LogP) is 0.585. The number of carbonyl (C=O) groups excluding carboxylic acids is 1. The number of aliphatic carboxylic acids is 2. The van der Waals surface area contributed by atoms with Crippen LogP contribution in [0.3, 0.4) is 0 Å². The monoisotopic (exact) mass is 449 g/mol. The standard InChI is InChI=1S/C19H23N5O6S/c20-14-10-15(25)24(19(21)23-14)31-9-1-2-11-3-5-12(6-4-11)17(28)22-13(18(29)30)7-8-16(26)27/h3-6,10,13H,1-2,7-9,20H2,(H2,21,23)(H,22,28)(H,26,27)(H,29,30)/t13-/m0/s1. The number of carbonyl (C=O) groups is 3. The van der Waals surface area contributed by atoms with Gasteiger partial charge in [0.2, 0.25) is 5.95 Å². The molecule has 166 valence electrons. The molecule has 31 heavy (non-hydrogen) atoms. The lowest BCUT2D eigenvalue weighted by Gasteiger charge is -2.13. The van der Waals surface area contributed by atoms with E-state index >= 15 is 0 Å². The number of benzene rings is 1. The van der Waals surface area contributed by atoms with E-state index in [0.29, 0.717) is 12.2 Å². The van der Waals surface area contributed by atoms with Gasteiger partial charge in [0.1, 0.15) is 11.9 Å². The summed E-state index contributed by atoms with van der Waals surface area (Å²) in [6.45, 7) is 0. The Morgan fingerprint density at radius 3 is 2.42 bits per heavy atom. The predicted molar refractivity (Wildman–Crippen MR) is 116 cm³/mol. The number of nitrogens with two attached hydrogens (primary N) is 2. The van der Waals surface area contributed by atoms with Crippen molar-refractivity contribution in [2.45, 2.75) is 31.7 Å². The zero-order chi connectivity index (χ0) is 23.0. The van der Waals surface area contributed by atoms with Crippen LogP contribution in [0.1, 0.15) is 35.2 Å². The van der Waals surface area contributed by atoms with Crippen molar-refractivity contribution >= 4 is 41.6 Å². The number of carboxylic acids is 2. The molecule has 0 fully saturated rings. The molecule has 0 aliphatic heterocycles. The summed E-state index contributed by atoms with van der Waals surface area (Å²) >= 11 is 1.23. The Morgan fingerprint density at radius 1 is 1.16 bits per heavy atom. The van der Waals surface area contributed by atoms with Crippen molar-refractivity contribution in [3.63, 3.8) is 0 Å². The Morgan fingerprint density at radius 2 is 1.84 bits per heavy atom. The van der Waals surface area contributed by atoms with E-state index in [4.69, 9.17) is 21.7 Å². The molecule has 0 unspecified atom stereocenters. The third-order valence-electron chi connectivity index (χ3n) is 4.22. The number of aryl methyl sites for hydroxylation is 1. The Bertz CT molecular complexity index is 1010. The Balaban J connectivity index is 1.86. The van der Waals surface area contributed by atoms with E-state index in [1.54, 1.807) is 24.3 Å². The number of hydrogen-bond donors (Lipinski definition) is 5. The van der Waals surface area contributed by atoms with Crippen molar-refractivity contribution in [3.8, 4) is 0 Å². The lowest BCUT2D eigenvalue weighted by molar-refractivity contribution is -0.140. The van der Waals surface area contributed by atoms with Gasteiger partial charge in [-0.2, -0.15) is 4.98 Å². The maximum Gasteiger partial charge on any atom is 0.326 e. The van der Waals surface area contributed by atoms with Gasteiger partial charge in [-0.05, 0) is 48.9 Å². The second kappa shape index (κ2) is 11.0. The molecule has 1 aromatic carbocycles. The maximum absolute atomic E-state index is 12.2. The number of rotatable bonds is 11. The van der Waals surface area contributed by atoms with Gasteiger partial charge in [-0.1, -0.05) is 12.1 Å². The number of carboxylic acid groups (broad SMARTS) is 2. The first-order valence-corrected chi connectivity index (χ1v) is 10.2. The van der Waals surface area contributed by atoms with E-state index in [1.807, 2.05) is 0 Å². The minimum Gasteiger partial charge on any atom is -0.481 e. The highest BCUT2D eigenvalue weighted by Gasteiger charge is 2.21. The summed E-state index contributed by atoms with van der Waals surface area (Å²) in [7, 11) is 0. The minimum absolute atomic E-state index is 0.0355. The van der Waals surface area contributed by atoms with Crippen LogP contribution in [0.2, 0.25) is 0 Å². The van der Waals surface area contributed by atoms with Gasteiger partial charge < -0.3 is 27.0 Å². The molecule has 11 nitrogen and oxygen atoms in total. The second-order valence-electron chi connectivity index (χ2n) is 6.60. The highest BCUT2D eigenvalue weighted by Crippen LogP contribution is 2.13. The lowest BCUT2D eigenvalue weighted by Crippen LogP contribution is -2.41. The number of nitrogens with zero attached hydrogens (tertiary/aromatic N) is 2. The summed E-state index contributed by atoms with van der Waals surface area (Å²) in [6.07, 6.45) is 0.840. The highest BCUT2D eigenvalue weighted by molar-refractivity contribution is 7.97. The van der Waals surface area contributed by atoms with E-state index in [1.165, 1.54) is 22.0 Å². The van der Waals surface area contributed by atoms with Gasteiger partial charge in [0, 0.05) is 23.8 Å². The first-order chi connectivity index (χ1) is 14.7. The van der Waals surface area contributed by atoms with Crippen LogP contribution in [0.25, 0.3) is 0 Å². The summed E-state index contributed by atoms with van der Waals surface area (Å²) in [4.78, 5) is 49.7. The van der Waals surface area contributed by atoms with Gasteiger partial charge in [0.05, 0.1) is 0 Å². The molecule has 2 aromatic rings. The SMILES string of the molecule is Nc1cc(=O)n(SCCCc2ccc(C(=O)N[C@@H](CCC(=O)O)C(=O)O)cc2)c(N)n1. The van der Waals surface area contributed by atoms with Crippen LogP contribution >= 0.6 is 11.9 Å². The minimum atomic E-state index is -1.29. The molecule has 0 radical (unpaired) electrons. The van der Waals surface area contributed by atoms with Gasteiger partial charge in [0.25, 0.3) is 11.5 Å². The van der Waals surface area contributed by atoms with Crippen LogP contribution < -0.4 is 22.3 Å². The van der Waals surface area contributed by atoms with Crippen LogP contribution in [0.15, 0.2) is 35.1 Å². The normalized spacial score (nSPS) is 11.6. The second-order valence-corrected chi connectivity index (χ2v) is 7.63. The van der Waals surface area contributed by atoms with E-state index in [9.17, 15) is 19.2 Å². The molecule has 1 aromatic heterocycles. The number of hydrogen-bond acceptors (Lipinski definition) is 8. The summed E-state index contributed by atoms with van der Waals surface area (Å²) in [5.41, 5.74) is 12.0. The lowest BCUT2D eigenvalue weighted by atomic mass is 10.1. The average molecular weight is 449 g/mol. The van der Waals surface area contributed by atoms with E-state index < -0.39 is 23.9 Å². The zero-order valence-electron chi connectivity index (χ0n) is 16.5. The first kappa shape index (κ1) is 23.7. The van der Waals surface area contributed by atoms with Crippen molar-refractivity contribution < 1.29 is 24.6 Å². The van der Waals surface area contributed by atoms with Crippen LogP contribution in [0, 0.1) is 0 Å².